The first kappa shape index (κ1) is 14.5. The third-order valence-electron chi connectivity index (χ3n) is 4.31. The Morgan fingerprint density at radius 1 is 1.21 bits per heavy atom. The lowest BCUT2D eigenvalue weighted by Gasteiger charge is -2.04. The predicted octanol–water partition coefficient (Wildman–Crippen LogP) is 3.42. The molecule has 1 aromatic rings. The van der Waals surface area contributed by atoms with E-state index in [4.69, 9.17) is 10.3 Å². The minimum Gasteiger partial charge on any atom is -0.339 e. The number of aryl methyl sites for hydroxylation is 1. The molecule has 19 heavy (non-hydrogen) atoms. The molecule has 1 aromatic heterocycles. The lowest BCUT2D eigenvalue weighted by atomic mass is 10.0. The smallest absolute Gasteiger partial charge is 0.226 e. The molecule has 1 heterocycles. The largest absolute Gasteiger partial charge is 0.339 e. The average molecular weight is 265 g/mol. The highest BCUT2D eigenvalue weighted by atomic mass is 16.5. The summed E-state index contributed by atoms with van der Waals surface area (Å²) in [5, 5.41) is 4.18. The van der Waals surface area contributed by atoms with Crippen molar-refractivity contribution in [2.24, 2.45) is 11.7 Å². The van der Waals surface area contributed by atoms with Crippen molar-refractivity contribution in [3.8, 4) is 0 Å². The van der Waals surface area contributed by atoms with Crippen LogP contribution < -0.4 is 5.73 Å². The Kier molecular flexibility index (Phi) is 5.83. The monoisotopic (exact) mass is 265 g/mol. The summed E-state index contributed by atoms with van der Waals surface area (Å²) in [4.78, 5) is 4.58. The number of aromatic nitrogens is 2. The zero-order valence-corrected chi connectivity index (χ0v) is 12.1. The number of nitrogens with zero attached hydrogens (tertiary/aromatic N) is 2. The van der Waals surface area contributed by atoms with Crippen molar-refractivity contribution in [3.63, 3.8) is 0 Å². The second kappa shape index (κ2) is 7.63. The molecule has 0 spiro atoms. The van der Waals surface area contributed by atoms with Crippen molar-refractivity contribution < 1.29 is 4.52 Å². The molecule has 0 amide bonds. The summed E-state index contributed by atoms with van der Waals surface area (Å²) >= 11 is 0. The molecule has 4 nitrogen and oxygen atoms in total. The van der Waals surface area contributed by atoms with Gasteiger partial charge < -0.3 is 10.3 Å². The van der Waals surface area contributed by atoms with E-state index in [9.17, 15) is 0 Å². The van der Waals surface area contributed by atoms with Gasteiger partial charge in [0.05, 0.1) is 0 Å². The fourth-order valence-corrected chi connectivity index (χ4v) is 2.99. The minimum absolute atomic E-state index is 0.541. The number of unbranched alkanes of at least 4 members (excludes halogenated alkanes) is 3. The molecule has 1 saturated carbocycles. The molecule has 1 aliphatic rings. The van der Waals surface area contributed by atoms with Gasteiger partial charge in [-0.3, -0.25) is 0 Å². The lowest BCUT2D eigenvalue weighted by molar-refractivity contribution is 0.364. The van der Waals surface area contributed by atoms with Crippen LogP contribution in [0.25, 0.3) is 0 Å². The molecule has 2 N–H and O–H groups in total. The fourth-order valence-electron chi connectivity index (χ4n) is 2.99. The molecule has 0 aromatic carbocycles. The maximum absolute atomic E-state index is 5.48. The summed E-state index contributed by atoms with van der Waals surface area (Å²) < 4.78 is 5.37. The zero-order chi connectivity index (χ0) is 13.5. The Hall–Kier alpha value is -0.900. The Morgan fingerprint density at radius 2 is 2.05 bits per heavy atom. The van der Waals surface area contributed by atoms with Crippen molar-refractivity contribution in [1.29, 1.82) is 0 Å². The molecule has 108 valence electrons. The Balaban J connectivity index is 1.73. The summed E-state index contributed by atoms with van der Waals surface area (Å²) in [6.07, 6.45) is 10.7. The number of hydrogen-bond acceptors (Lipinski definition) is 4. The van der Waals surface area contributed by atoms with E-state index in [1.807, 2.05) is 0 Å². The molecule has 1 aliphatic carbocycles. The van der Waals surface area contributed by atoms with Crippen LogP contribution in [-0.4, -0.2) is 16.7 Å². The first-order valence-electron chi connectivity index (χ1n) is 7.86. The highest BCUT2D eigenvalue weighted by Crippen LogP contribution is 2.38. The van der Waals surface area contributed by atoms with E-state index in [1.54, 1.807) is 0 Å². The van der Waals surface area contributed by atoms with E-state index in [0.717, 1.165) is 43.4 Å². The highest BCUT2D eigenvalue weighted by molar-refractivity contribution is 4.99. The Labute approximate surface area is 116 Å². The second-order valence-electron chi connectivity index (χ2n) is 5.78. The standard InChI is InChI=1S/C15H27N3O/c1-2-12-8-9-13(11-12)15-17-14(19-18-15)7-5-3-4-6-10-16/h12-13H,2-11,16H2,1H3. The molecular weight excluding hydrogens is 238 g/mol. The Bertz CT molecular complexity index is 364. The van der Waals surface area contributed by atoms with Crippen LogP contribution in [0.3, 0.4) is 0 Å². The molecule has 0 bridgehead atoms. The van der Waals surface area contributed by atoms with E-state index in [-0.39, 0.29) is 0 Å². The molecule has 0 aliphatic heterocycles. The van der Waals surface area contributed by atoms with Gasteiger partial charge in [-0.2, -0.15) is 4.98 Å². The average Bonchev–Trinajstić information content (AvgIpc) is 3.07. The van der Waals surface area contributed by atoms with Gasteiger partial charge in [0.1, 0.15) is 0 Å². The van der Waals surface area contributed by atoms with Crippen LogP contribution in [0.5, 0.6) is 0 Å². The maximum atomic E-state index is 5.48. The van der Waals surface area contributed by atoms with Gasteiger partial charge in [-0.05, 0) is 44.6 Å². The van der Waals surface area contributed by atoms with Gasteiger partial charge >= 0.3 is 0 Å². The van der Waals surface area contributed by atoms with E-state index in [1.165, 1.54) is 38.5 Å². The molecule has 4 heteroatoms. The van der Waals surface area contributed by atoms with Crippen LogP contribution in [0.2, 0.25) is 0 Å². The van der Waals surface area contributed by atoms with Crippen LogP contribution >= 0.6 is 0 Å². The number of rotatable bonds is 8. The van der Waals surface area contributed by atoms with Gasteiger partial charge in [0.25, 0.3) is 0 Å². The molecule has 1 fully saturated rings. The third-order valence-corrected chi connectivity index (χ3v) is 4.31. The van der Waals surface area contributed by atoms with Crippen molar-refractivity contribution >= 4 is 0 Å². The van der Waals surface area contributed by atoms with Crippen molar-refractivity contribution in [2.75, 3.05) is 6.54 Å². The summed E-state index contributed by atoms with van der Waals surface area (Å²) in [6, 6.07) is 0. The van der Waals surface area contributed by atoms with Gasteiger partial charge in [-0.1, -0.05) is 31.3 Å². The molecule has 2 atom stereocenters. The molecule has 2 unspecified atom stereocenters. The highest BCUT2D eigenvalue weighted by Gasteiger charge is 2.28. The van der Waals surface area contributed by atoms with Crippen LogP contribution in [0, 0.1) is 5.92 Å². The van der Waals surface area contributed by atoms with E-state index in [2.05, 4.69) is 17.1 Å². The van der Waals surface area contributed by atoms with Crippen LogP contribution in [-0.2, 0) is 6.42 Å². The SMILES string of the molecule is CCC1CCC(c2noc(CCCCCCN)n2)C1. The topological polar surface area (TPSA) is 64.9 Å². The zero-order valence-electron chi connectivity index (χ0n) is 12.1. The van der Waals surface area contributed by atoms with Gasteiger partial charge in [0, 0.05) is 12.3 Å². The first-order chi connectivity index (χ1) is 9.33. The summed E-state index contributed by atoms with van der Waals surface area (Å²) in [6.45, 7) is 3.07. The molecular formula is C15H27N3O. The van der Waals surface area contributed by atoms with Crippen molar-refractivity contribution in [1.82, 2.24) is 10.1 Å². The third kappa shape index (κ3) is 4.30. The minimum atomic E-state index is 0.541. The van der Waals surface area contributed by atoms with Crippen molar-refractivity contribution in [3.05, 3.63) is 11.7 Å². The number of nitrogens with two attached hydrogens (primary N) is 1. The Morgan fingerprint density at radius 3 is 2.79 bits per heavy atom. The van der Waals surface area contributed by atoms with E-state index < -0.39 is 0 Å². The fraction of sp³-hybridized carbons (Fsp3) is 0.867. The van der Waals surface area contributed by atoms with E-state index >= 15 is 0 Å². The van der Waals surface area contributed by atoms with Crippen LogP contribution in [0.4, 0.5) is 0 Å². The van der Waals surface area contributed by atoms with Gasteiger partial charge in [-0.25, -0.2) is 0 Å². The summed E-state index contributed by atoms with van der Waals surface area (Å²) in [7, 11) is 0. The summed E-state index contributed by atoms with van der Waals surface area (Å²) in [5.41, 5.74) is 5.48. The molecule has 0 saturated heterocycles. The van der Waals surface area contributed by atoms with Crippen LogP contribution in [0.1, 0.15) is 75.9 Å². The van der Waals surface area contributed by atoms with Crippen LogP contribution in [0.15, 0.2) is 4.52 Å². The predicted molar refractivity (Wildman–Crippen MR) is 75.9 cm³/mol. The normalized spacial score (nSPS) is 23.1. The van der Waals surface area contributed by atoms with Gasteiger partial charge in [-0.15, -0.1) is 0 Å². The second-order valence-corrected chi connectivity index (χ2v) is 5.78. The quantitative estimate of drug-likeness (QED) is 0.731. The molecule has 0 radical (unpaired) electrons. The van der Waals surface area contributed by atoms with E-state index in [0.29, 0.717) is 5.92 Å². The lowest BCUT2D eigenvalue weighted by Crippen LogP contribution is -1.98. The van der Waals surface area contributed by atoms with Gasteiger partial charge in [0.2, 0.25) is 5.89 Å². The molecule has 2 rings (SSSR count). The maximum Gasteiger partial charge on any atom is 0.226 e. The van der Waals surface area contributed by atoms with Gasteiger partial charge in [0.15, 0.2) is 5.82 Å². The van der Waals surface area contributed by atoms with Crippen molar-refractivity contribution in [2.45, 2.75) is 70.6 Å². The summed E-state index contributed by atoms with van der Waals surface area (Å²) in [5.74, 6) is 3.18. The first-order valence-corrected chi connectivity index (χ1v) is 7.86. The number of hydrogen-bond donors (Lipinski definition) is 1.